The summed E-state index contributed by atoms with van der Waals surface area (Å²) >= 11 is 0. The fourth-order valence-electron chi connectivity index (χ4n) is 2.50. The summed E-state index contributed by atoms with van der Waals surface area (Å²) in [7, 11) is 1.92. The van der Waals surface area contributed by atoms with Crippen LogP contribution in [0.4, 0.5) is 4.39 Å². The number of rotatable bonds is 9. The third-order valence-corrected chi connectivity index (χ3v) is 3.73. The average Bonchev–Trinajstić information content (AvgIpc) is 2.39. The molecule has 0 heterocycles. The Kier molecular flexibility index (Phi) is 7.73. The number of aryl methyl sites for hydroxylation is 1. The molecule has 2 heteroatoms. The van der Waals surface area contributed by atoms with Gasteiger partial charge >= 0.3 is 0 Å². The second kappa shape index (κ2) is 9.08. The van der Waals surface area contributed by atoms with E-state index in [1.807, 2.05) is 26.1 Å². The van der Waals surface area contributed by atoms with Gasteiger partial charge in [-0.05, 0) is 32.0 Å². The van der Waals surface area contributed by atoms with E-state index in [2.05, 4.69) is 12.2 Å². The standard InChI is InChI=1S/C17H28FN/c1-4-5-6-7-8-9-10-17(19-3)15-12-11-14(2)13-16(15)18/h11-13,17,19H,4-10H2,1-3H3. The summed E-state index contributed by atoms with van der Waals surface area (Å²) in [5, 5.41) is 3.24. The summed E-state index contributed by atoms with van der Waals surface area (Å²) in [6.45, 7) is 4.16. The van der Waals surface area contributed by atoms with Crippen LogP contribution in [-0.4, -0.2) is 7.05 Å². The van der Waals surface area contributed by atoms with E-state index < -0.39 is 0 Å². The molecule has 0 bridgehead atoms. The summed E-state index contributed by atoms with van der Waals surface area (Å²) in [5.41, 5.74) is 1.79. The van der Waals surface area contributed by atoms with Crippen molar-refractivity contribution in [1.82, 2.24) is 5.32 Å². The van der Waals surface area contributed by atoms with Crippen molar-refractivity contribution in [2.75, 3.05) is 7.05 Å². The Hall–Kier alpha value is -0.890. The van der Waals surface area contributed by atoms with Crippen molar-refractivity contribution in [3.63, 3.8) is 0 Å². The lowest BCUT2D eigenvalue weighted by molar-refractivity contribution is 0.476. The molecule has 1 rings (SSSR count). The van der Waals surface area contributed by atoms with Crippen molar-refractivity contribution in [1.29, 1.82) is 0 Å². The highest BCUT2D eigenvalue weighted by atomic mass is 19.1. The van der Waals surface area contributed by atoms with E-state index >= 15 is 0 Å². The van der Waals surface area contributed by atoms with Crippen molar-refractivity contribution in [2.45, 2.75) is 64.8 Å². The van der Waals surface area contributed by atoms with Crippen molar-refractivity contribution >= 4 is 0 Å². The number of hydrogen-bond acceptors (Lipinski definition) is 1. The molecule has 0 aliphatic carbocycles. The maximum absolute atomic E-state index is 13.9. The highest BCUT2D eigenvalue weighted by molar-refractivity contribution is 5.26. The summed E-state index contributed by atoms with van der Waals surface area (Å²) in [4.78, 5) is 0. The molecule has 0 spiro atoms. The predicted molar refractivity (Wildman–Crippen MR) is 80.9 cm³/mol. The second-order valence-corrected chi connectivity index (χ2v) is 5.42. The van der Waals surface area contributed by atoms with Gasteiger partial charge in [-0.15, -0.1) is 0 Å². The molecule has 0 amide bonds. The molecule has 0 aromatic heterocycles. The molecule has 1 unspecified atom stereocenters. The zero-order chi connectivity index (χ0) is 14.1. The Morgan fingerprint density at radius 2 is 1.79 bits per heavy atom. The summed E-state index contributed by atoms with van der Waals surface area (Å²) < 4.78 is 13.9. The van der Waals surface area contributed by atoms with Crippen LogP contribution in [0.5, 0.6) is 0 Å². The van der Waals surface area contributed by atoms with Gasteiger partial charge < -0.3 is 5.32 Å². The maximum Gasteiger partial charge on any atom is 0.128 e. The fourth-order valence-corrected chi connectivity index (χ4v) is 2.50. The van der Waals surface area contributed by atoms with E-state index in [1.54, 1.807) is 6.07 Å². The van der Waals surface area contributed by atoms with Gasteiger partial charge in [0.1, 0.15) is 5.82 Å². The lowest BCUT2D eigenvalue weighted by atomic mass is 9.98. The number of halogens is 1. The average molecular weight is 265 g/mol. The van der Waals surface area contributed by atoms with Crippen LogP contribution >= 0.6 is 0 Å². The molecule has 0 aliphatic heterocycles. The molecule has 1 aromatic carbocycles. The lowest BCUT2D eigenvalue weighted by Crippen LogP contribution is -2.17. The molecule has 1 N–H and O–H groups in total. The van der Waals surface area contributed by atoms with Crippen molar-refractivity contribution in [2.24, 2.45) is 0 Å². The lowest BCUT2D eigenvalue weighted by Gasteiger charge is -2.17. The van der Waals surface area contributed by atoms with Gasteiger partial charge in [0.2, 0.25) is 0 Å². The molecule has 108 valence electrons. The van der Waals surface area contributed by atoms with Crippen LogP contribution in [0.1, 0.15) is 69.0 Å². The summed E-state index contributed by atoms with van der Waals surface area (Å²) in [6.07, 6.45) is 8.70. The van der Waals surface area contributed by atoms with Crippen molar-refractivity contribution < 1.29 is 4.39 Å². The SMILES string of the molecule is CCCCCCCCC(NC)c1ccc(C)cc1F. The molecule has 0 aliphatic rings. The van der Waals surface area contributed by atoms with E-state index in [4.69, 9.17) is 0 Å². The van der Waals surface area contributed by atoms with E-state index in [1.165, 1.54) is 38.5 Å². The molecule has 0 saturated carbocycles. The number of hydrogen-bond donors (Lipinski definition) is 1. The first-order valence-corrected chi connectivity index (χ1v) is 7.62. The smallest absolute Gasteiger partial charge is 0.128 e. The van der Waals surface area contributed by atoms with Gasteiger partial charge in [-0.25, -0.2) is 4.39 Å². The Balaban J connectivity index is 2.40. The van der Waals surface area contributed by atoms with Gasteiger partial charge in [0.15, 0.2) is 0 Å². The van der Waals surface area contributed by atoms with Crippen LogP contribution in [0, 0.1) is 12.7 Å². The normalized spacial score (nSPS) is 12.6. The predicted octanol–water partition coefficient (Wildman–Crippen LogP) is 5.15. The topological polar surface area (TPSA) is 12.0 Å². The first-order valence-electron chi connectivity index (χ1n) is 7.62. The maximum atomic E-state index is 13.9. The van der Waals surface area contributed by atoms with Gasteiger partial charge in [0.05, 0.1) is 0 Å². The minimum Gasteiger partial charge on any atom is -0.313 e. The third-order valence-electron chi connectivity index (χ3n) is 3.73. The van der Waals surface area contributed by atoms with Crippen LogP contribution in [-0.2, 0) is 0 Å². The Morgan fingerprint density at radius 1 is 1.11 bits per heavy atom. The molecule has 0 saturated heterocycles. The molecule has 1 aromatic rings. The minimum absolute atomic E-state index is 0.0784. The highest BCUT2D eigenvalue weighted by Gasteiger charge is 2.13. The molecular formula is C17H28FN. The molecule has 1 atom stereocenters. The monoisotopic (exact) mass is 265 g/mol. The Labute approximate surface area is 117 Å². The van der Waals surface area contributed by atoms with Gasteiger partial charge in [0, 0.05) is 11.6 Å². The van der Waals surface area contributed by atoms with E-state index in [-0.39, 0.29) is 11.9 Å². The molecular weight excluding hydrogens is 237 g/mol. The van der Waals surface area contributed by atoms with Crippen molar-refractivity contribution in [3.8, 4) is 0 Å². The van der Waals surface area contributed by atoms with Crippen LogP contribution in [0.15, 0.2) is 18.2 Å². The van der Waals surface area contributed by atoms with E-state index in [9.17, 15) is 4.39 Å². The second-order valence-electron chi connectivity index (χ2n) is 5.42. The first-order chi connectivity index (χ1) is 9.19. The third kappa shape index (κ3) is 5.73. The Morgan fingerprint density at radius 3 is 2.42 bits per heavy atom. The summed E-state index contributed by atoms with van der Waals surface area (Å²) in [5.74, 6) is -0.0784. The van der Waals surface area contributed by atoms with Crippen LogP contribution in [0.3, 0.4) is 0 Å². The molecule has 1 nitrogen and oxygen atoms in total. The molecule has 19 heavy (non-hydrogen) atoms. The number of unbranched alkanes of at least 4 members (excludes halogenated alkanes) is 5. The minimum atomic E-state index is -0.0784. The highest BCUT2D eigenvalue weighted by Crippen LogP contribution is 2.23. The van der Waals surface area contributed by atoms with E-state index in [0.29, 0.717) is 0 Å². The number of benzene rings is 1. The zero-order valence-corrected chi connectivity index (χ0v) is 12.6. The zero-order valence-electron chi connectivity index (χ0n) is 12.6. The number of nitrogens with one attached hydrogen (secondary N) is 1. The van der Waals surface area contributed by atoms with E-state index in [0.717, 1.165) is 17.5 Å². The molecule has 0 radical (unpaired) electrons. The quantitative estimate of drug-likeness (QED) is 0.609. The van der Waals surface area contributed by atoms with Gasteiger partial charge in [-0.2, -0.15) is 0 Å². The summed E-state index contributed by atoms with van der Waals surface area (Å²) in [6, 6.07) is 5.68. The van der Waals surface area contributed by atoms with Crippen molar-refractivity contribution in [3.05, 3.63) is 35.1 Å². The Bertz CT molecular complexity index is 362. The van der Waals surface area contributed by atoms with Crippen LogP contribution < -0.4 is 5.32 Å². The van der Waals surface area contributed by atoms with Gasteiger partial charge in [-0.1, -0.05) is 57.6 Å². The first kappa shape index (κ1) is 16.2. The van der Waals surface area contributed by atoms with Crippen LogP contribution in [0.2, 0.25) is 0 Å². The van der Waals surface area contributed by atoms with Gasteiger partial charge in [-0.3, -0.25) is 0 Å². The largest absolute Gasteiger partial charge is 0.313 e. The van der Waals surface area contributed by atoms with Gasteiger partial charge in [0.25, 0.3) is 0 Å². The fraction of sp³-hybridized carbons (Fsp3) is 0.647. The van der Waals surface area contributed by atoms with Crippen LogP contribution in [0.25, 0.3) is 0 Å². The molecule has 0 fully saturated rings.